The number of anilines is 1. The van der Waals surface area contributed by atoms with Crippen molar-refractivity contribution >= 4 is 22.9 Å². The standard InChI is InChI=1S/C19H18F3N7O/c1-27-10-26-15-16(27)24-9-25-17(15)28-5-12-7-29(8-13(12)6-28)18(30)11-2-3-14(23-4-11)19(20,21)22/h2-4,9-10,12-13H,5-8H2,1H3. The zero-order valence-electron chi connectivity index (χ0n) is 16.0. The van der Waals surface area contributed by atoms with Crippen molar-refractivity contribution in [2.24, 2.45) is 18.9 Å². The van der Waals surface area contributed by atoms with Gasteiger partial charge in [-0.1, -0.05) is 0 Å². The molecule has 0 N–H and O–H groups in total. The molecule has 2 fully saturated rings. The number of hydrogen-bond acceptors (Lipinski definition) is 6. The second-order valence-electron chi connectivity index (χ2n) is 7.79. The average Bonchev–Trinajstić information content (AvgIpc) is 3.40. The van der Waals surface area contributed by atoms with E-state index in [1.54, 1.807) is 11.2 Å². The van der Waals surface area contributed by atoms with Crippen molar-refractivity contribution < 1.29 is 18.0 Å². The molecule has 2 atom stereocenters. The number of carbonyl (C=O) groups excluding carboxylic acids is 1. The molecule has 3 aromatic heterocycles. The van der Waals surface area contributed by atoms with Crippen LogP contribution in [0.1, 0.15) is 16.1 Å². The summed E-state index contributed by atoms with van der Waals surface area (Å²) in [5, 5.41) is 0. The lowest BCUT2D eigenvalue weighted by Gasteiger charge is -2.22. The van der Waals surface area contributed by atoms with Crippen LogP contribution in [-0.4, -0.2) is 61.5 Å². The molecule has 0 spiro atoms. The summed E-state index contributed by atoms with van der Waals surface area (Å²) in [6.07, 6.45) is -0.279. The molecule has 0 aromatic carbocycles. The first-order chi connectivity index (χ1) is 14.3. The zero-order valence-corrected chi connectivity index (χ0v) is 16.0. The number of likely N-dealkylation sites (tertiary alicyclic amines) is 1. The van der Waals surface area contributed by atoms with E-state index in [-0.39, 0.29) is 23.3 Å². The molecule has 2 aliphatic heterocycles. The maximum atomic E-state index is 12.7. The third-order valence-corrected chi connectivity index (χ3v) is 5.85. The predicted molar refractivity (Wildman–Crippen MR) is 101 cm³/mol. The lowest BCUT2D eigenvalue weighted by molar-refractivity contribution is -0.141. The first kappa shape index (κ1) is 18.8. The molecule has 5 heterocycles. The number of pyridine rings is 1. The Labute approximate surface area is 169 Å². The lowest BCUT2D eigenvalue weighted by Crippen LogP contribution is -2.33. The van der Waals surface area contributed by atoms with Crippen molar-refractivity contribution in [1.29, 1.82) is 0 Å². The van der Waals surface area contributed by atoms with Crippen LogP contribution in [0, 0.1) is 11.8 Å². The minimum atomic E-state index is -4.52. The van der Waals surface area contributed by atoms with Crippen LogP contribution in [0.5, 0.6) is 0 Å². The number of carbonyl (C=O) groups is 1. The van der Waals surface area contributed by atoms with Gasteiger partial charge in [-0.3, -0.25) is 9.78 Å². The van der Waals surface area contributed by atoms with Gasteiger partial charge >= 0.3 is 6.18 Å². The quantitative estimate of drug-likeness (QED) is 0.635. The third kappa shape index (κ3) is 3.04. The molecule has 0 aliphatic carbocycles. The molecule has 2 unspecified atom stereocenters. The Morgan fingerprint density at radius 2 is 1.77 bits per heavy atom. The summed E-state index contributed by atoms with van der Waals surface area (Å²) in [6.45, 7) is 2.58. The highest BCUT2D eigenvalue weighted by Gasteiger charge is 2.43. The molecule has 3 aromatic rings. The number of aromatic nitrogens is 5. The van der Waals surface area contributed by atoms with Gasteiger partial charge in [-0.15, -0.1) is 0 Å². The van der Waals surface area contributed by atoms with Gasteiger partial charge in [0.15, 0.2) is 17.0 Å². The number of imidazole rings is 1. The maximum Gasteiger partial charge on any atom is 0.433 e. The van der Waals surface area contributed by atoms with Crippen LogP contribution < -0.4 is 4.90 Å². The summed E-state index contributed by atoms with van der Waals surface area (Å²) in [7, 11) is 1.88. The normalized spacial score (nSPS) is 21.5. The number of aryl methyl sites for hydroxylation is 1. The van der Waals surface area contributed by atoms with Crippen molar-refractivity contribution in [3.8, 4) is 0 Å². The number of alkyl halides is 3. The van der Waals surface area contributed by atoms with Crippen molar-refractivity contribution in [3.63, 3.8) is 0 Å². The largest absolute Gasteiger partial charge is 0.433 e. The van der Waals surface area contributed by atoms with Crippen molar-refractivity contribution in [2.45, 2.75) is 6.18 Å². The van der Waals surface area contributed by atoms with E-state index in [1.807, 2.05) is 11.6 Å². The molecule has 1 amide bonds. The molecule has 0 bridgehead atoms. The van der Waals surface area contributed by atoms with E-state index < -0.39 is 11.9 Å². The van der Waals surface area contributed by atoms with E-state index in [0.29, 0.717) is 13.1 Å². The summed E-state index contributed by atoms with van der Waals surface area (Å²) < 4.78 is 39.9. The summed E-state index contributed by atoms with van der Waals surface area (Å²) >= 11 is 0. The van der Waals surface area contributed by atoms with Gasteiger partial charge in [-0.05, 0) is 12.1 Å². The molecule has 5 rings (SSSR count). The van der Waals surface area contributed by atoms with Crippen molar-refractivity contribution in [3.05, 3.63) is 42.2 Å². The second-order valence-corrected chi connectivity index (χ2v) is 7.79. The van der Waals surface area contributed by atoms with Gasteiger partial charge < -0.3 is 14.4 Å². The molecule has 30 heavy (non-hydrogen) atoms. The van der Waals surface area contributed by atoms with Gasteiger partial charge in [0.1, 0.15) is 12.0 Å². The van der Waals surface area contributed by atoms with Crippen LogP contribution in [0.15, 0.2) is 31.0 Å². The Bertz CT molecular complexity index is 1100. The van der Waals surface area contributed by atoms with Gasteiger partial charge in [0.2, 0.25) is 0 Å². The van der Waals surface area contributed by atoms with Crippen molar-refractivity contribution in [2.75, 3.05) is 31.1 Å². The lowest BCUT2D eigenvalue weighted by atomic mass is 10.0. The molecule has 2 aliphatic rings. The van der Waals surface area contributed by atoms with Crippen LogP contribution in [0.25, 0.3) is 11.2 Å². The number of halogens is 3. The minimum Gasteiger partial charge on any atom is -0.354 e. The van der Waals surface area contributed by atoms with Crippen molar-refractivity contribution in [1.82, 2.24) is 29.4 Å². The van der Waals surface area contributed by atoms with Crippen LogP contribution in [0.4, 0.5) is 19.0 Å². The topological polar surface area (TPSA) is 80.0 Å². The van der Waals surface area contributed by atoms with E-state index in [1.165, 1.54) is 12.4 Å². The third-order valence-electron chi connectivity index (χ3n) is 5.85. The number of amides is 1. The first-order valence-corrected chi connectivity index (χ1v) is 9.51. The predicted octanol–water partition coefficient (Wildman–Crippen LogP) is 1.99. The number of rotatable bonds is 2. The zero-order chi connectivity index (χ0) is 21.0. The minimum absolute atomic E-state index is 0.172. The summed E-state index contributed by atoms with van der Waals surface area (Å²) in [4.78, 5) is 33.1. The smallest absolute Gasteiger partial charge is 0.354 e. The van der Waals surface area contributed by atoms with E-state index in [9.17, 15) is 18.0 Å². The molecule has 0 radical (unpaired) electrons. The maximum absolute atomic E-state index is 12.7. The first-order valence-electron chi connectivity index (χ1n) is 9.51. The van der Waals surface area contributed by atoms with Crippen LogP contribution >= 0.6 is 0 Å². The van der Waals surface area contributed by atoms with E-state index in [2.05, 4.69) is 24.8 Å². The average molecular weight is 417 g/mol. The van der Waals surface area contributed by atoms with E-state index >= 15 is 0 Å². The molecular formula is C19H18F3N7O. The summed E-state index contributed by atoms with van der Waals surface area (Å²) in [5.74, 6) is 1.04. The Hall–Kier alpha value is -3.24. The Morgan fingerprint density at radius 1 is 1.03 bits per heavy atom. The number of nitrogens with zero attached hydrogens (tertiary/aromatic N) is 7. The summed E-state index contributed by atoms with van der Waals surface area (Å²) in [5.41, 5.74) is 0.692. The highest BCUT2D eigenvalue weighted by molar-refractivity contribution is 5.94. The molecule has 11 heteroatoms. The molecular weight excluding hydrogens is 399 g/mol. The fourth-order valence-corrected chi connectivity index (χ4v) is 4.37. The fraction of sp³-hybridized carbons (Fsp3) is 0.421. The second kappa shape index (κ2) is 6.64. The molecule has 156 valence electrons. The Kier molecular flexibility index (Phi) is 4.16. The van der Waals surface area contributed by atoms with Crippen LogP contribution in [-0.2, 0) is 13.2 Å². The van der Waals surface area contributed by atoms with Gasteiger partial charge in [-0.25, -0.2) is 15.0 Å². The van der Waals surface area contributed by atoms with Crippen LogP contribution in [0.3, 0.4) is 0 Å². The highest BCUT2D eigenvalue weighted by atomic mass is 19.4. The SMILES string of the molecule is Cn1cnc2c(N3CC4CN(C(=O)c5ccc(C(F)(F)F)nc5)CC4C3)ncnc21. The Balaban J connectivity index is 1.28. The van der Waals surface area contributed by atoms with E-state index in [0.717, 1.165) is 42.3 Å². The molecule has 2 saturated heterocycles. The van der Waals surface area contributed by atoms with E-state index in [4.69, 9.17) is 0 Å². The molecule has 8 nitrogen and oxygen atoms in total. The monoisotopic (exact) mass is 417 g/mol. The number of fused-ring (bicyclic) bond motifs is 2. The van der Waals surface area contributed by atoms with Gasteiger partial charge in [0, 0.05) is 51.3 Å². The Morgan fingerprint density at radius 3 is 2.40 bits per heavy atom. The van der Waals surface area contributed by atoms with Gasteiger partial charge in [-0.2, -0.15) is 13.2 Å². The van der Waals surface area contributed by atoms with Crippen LogP contribution in [0.2, 0.25) is 0 Å². The van der Waals surface area contributed by atoms with Gasteiger partial charge in [0.05, 0.1) is 11.9 Å². The highest BCUT2D eigenvalue weighted by Crippen LogP contribution is 2.35. The number of hydrogen-bond donors (Lipinski definition) is 0. The van der Waals surface area contributed by atoms with Gasteiger partial charge in [0.25, 0.3) is 5.91 Å². The fourth-order valence-electron chi connectivity index (χ4n) is 4.37. The summed E-state index contributed by atoms with van der Waals surface area (Å²) in [6, 6.07) is 2.04. The molecule has 0 saturated carbocycles.